The molecule has 0 saturated carbocycles. The van der Waals surface area contributed by atoms with Gasteiger partial charge < -0.3 is 24.1 Å². The fourth-order valence-electron chi connectivity index (χ4n) is 3.38. The second-order valence-electron chi connectivity index (χ2n) is 6.62. The van der Waals surface area contributed by atoms with E-state index in [2.05, 4.69) is 10.3 Å². The lowest BCUT2D eigenvalue weighted by molar-refractivity contribution is -0.181. The zero-order valence-corrected chi connectivity index (χ0v) is 14.8. The van der Waals surface area contributed by atoms with E-state index in [9.17, 15) is 9.59 Å². The summed E-state index contributed by atoms with van der Waals surface area (Å²) in [6.45, 7) is 2.58. The maximum atomic E-state index is 12.8. The van der Waals surface area contributed by atoms with Crippen molar-refractivity contribution in [3.63, 3.8) is 0 Å². The van der Waals surface area contributed by atoms with Crippen molar-refractivity contribution < 1.29 is 23.5 Å². The highest BCUT2D eigenvalue weighted by Crippen LogP contribution is 2.31. The number of nitrogens with one attached hydrogen (secondary N) is 1. The number of hydrogen-bond donors (Lipinski definition) is 1. The molecule has 0 bridgehead atoms. The van der Waals surface area contributed by atoms with Crippen LogP contribution in [0.15, 0.2) is 41.3 Å². The van der Waals surface area contributed by atoms with Crippen LogP contribution >= 0.6 is 0 Å². The fraction of sp³-hybridized carbons (Fsp3) is 0.421. The Hall–Kier alpha value is -2.71. The van der Waals surface area contributed by atoms with Gasteiger partial charge in [-0.1, -0.05) is 0 Å². The number of nitrogens with zero attached hydrogens (tertiary/aromatic N) is 2. The van der Waals surface area contributed by atoms with Gasteiger partial charge in [-0.05, 0) is 18.2 Å². The maximum absolute atomic E-state index is 12.8. The summed E-state index contributed by atoms with van der Waals surface area (Å²) in [6.07, 6.45) is 5.77. The smallest absolute Gasteiger partial charge is 0.255 e. The molecule has 2 aliphatic rings. The fourth-order valence-corrected chi connectivity index (χ4v) is 3.38. The summed E-state index contributed by atoms with van der Waals surface area (Å²) >= 11 is 0. The molecule has 8 nitrogen and oxygen atoms in total. The Morgan fingerprint density at radius 1 is 1.15 bits per heavy atom. The number of pyridine rings is 1. The lowest BCUT2D eigenvalue weighted by Crippen LogP contribution is -2.47. The van der Waals surface area contributed by atoms with E-state index in [4.69, 9.17) is 13.9 Å². The molecule has 0 atom stereocenters. The molecule has 0 aromatic carbocycles. The lowest BCUT2D eigenvalue weighted by Gasteiger charge is -2.37. The molecule has 27 heavy (non-hydrogen) atoms. The molecule has 1 N–H and O–H groups in total. The molecular weight excluding hydrogens is 350 g/mol. The zero-order chi connectivity index (χ0) is 18.7. The van der Waals surface area contributed by atoms with Crippen LogP contribution in [0.4, 0.5) is 0 Å². The Balaban J connectivity index is 1.38. The molecule has 2 aliphatic heterocycles. The van der Waals surface area contributed by atoms with Crippen molar-refractivity contribution in [2.45, 2.75) is 25.2 Å². The van der Waals surface area contributed by atoms with E-state index < -0.39 is 5.79 Å². The summed E-state index contributed by atoms with van der Waals surface area (Å²) in [5, 5.41) is 2.75. The highest BCUT2D eigenvalue weighted by atomic mass is 16.7. The molecule has 2 saturated heterocycles. The average molecular weight is 371 g/mol. The number of aromatic nitrogens is 1. The van der Waals surface area contributed by atoms with Crippen LogP contribution < -0.4 is 5.32 Å². The van der Waals surface area contributed by atoms with Gasteiger partial charge in [0, 0.05) is 38.3 Å². The predicted molar refractivity (Wildman–Crippen MR) is 93.9 cm³/mol. The van der Waals surface area contributed by atoms with Gasteiger partial charge in [-0.15, -0.1) is 0 Å². The molecule has 8 heteroatoms. The third-order valence-corrected chi connectivity index (χ3v) is 4.88. The average Bonchev–Trinajstić information content (AvgIpc) is 3.39. The van der Waals surface area contributed by atoms with Crippen molar-refractivity contribution in [2.75, 3.05) is 26.3 Å². The number of rotatable bonds is 4. The standard InChI is InChI=1S/C19H21N3O5/c23-17(21-13-16-2-1-7-25-16)14-10-15(12-20-11-14)18(24)22-5-3-19(4-6-22)26-8-9-27-19/h1-2,7,10-12H,3-6,8-9,13H2,(H,21,23). The molecule has 2 amide bonds. The van der Waals surface area contributed by atoms with E-state index in [0.717, 1.165) is 0 Å². The van der Waals surface area contributed by atoms with Crippen molar-refractivity contribution in [1.29, 1.82) is 0 Å². The molecule has 1 spiro atoms. The minimum Gasteiger partial charge on any atom is -0.467 e. The van der Waals surface area contributed by atoms with Gasteiger partial charge in [0.15, 0.2) is 5.79 Å². The lowest BCUT2D eigenvalue weighted by atomic mass is 10.0. The van der Waals surface area contributed by atoms with Crippen molar-refractivity contribution in [2.24, 2.45) is 0 Å². The Bertz CT molecular complexity index is 805. The van der Waals surface area contributed by atoms with Crippen LogP contribution in [0.2, 0.25) is 0 Å². The number of likely N-dealkylation sites (tertiary alicyclic amines) is 1. The first kappa shape index (κ1) is 17.7. The SMILES string of the molecule is O=C(NCc1ccco1)c1cncc(C(=O)N2CCC3(CC2)OCCO3)c1. The molecule has 2 fully saturated rings. The highest BCUT2D eigenvalue weighted by molar-refractivity contribution is 5.99. The van der Waals surface area contributed by atoms with E-state index in [1.807, 2.05) is 0 Å². The first-order valence-corrected chi connectivity index (χ1v) is 8.98. The second-order valence-corrected chi connectivity index (χ2v) is 6.62. The normalized spacial score (nSPS) is 18.6. The number of amides is 2. The van der Waals surface area contributed by atoms with Crippen molar-refractivity contribution in [1.82, 2.24) is 15.2 Å². The Morgan fingerprint density at radius 2 is 1.89 bits per heavy atom. The summed E-state index contributed by atoms with van der Waals surface area (Å²) in [5.41, 5.74) is 0.730. The largest absolute Gasteiger partial charge is 0.467 e. The second kappa shape index (κ2) is 7.50. The van der Waals surface area contributed by atoms with Crippen LogP contribution in [0.25, 0.3) is 0 Å². The number of piperidine rings is 1. The first-order chi connectivity index (χ1) is 13.2. The molecule has 4 heterocycles. The summed E-state index contributed by atoms with van der Waals surface area (Å²) in [6, 6.07) is 5.10. The summed E-state index contributed by atoms with van der Waals surface area (Å²) in [7, 11) is 0. The molecule has 2 aromatic rings. The van der Waals surface area contributed by atoms with Gasteiger partial charge in [-0.2, -0.15) is 0 Å². The summed E-state index contributed by atoms with van der Waals surface area (Å²) in [5.74, 6) is -0.320. The summed E-state index contributed by atoms with van der Waals surface area (Å²) in [4.78, 5) is 30.9. The van der Waals surface area contributed by atoms with Crippen molar-refractivity contribution >= 4 is 11.8 Å². The van der Waals surface area contributed by atoms with E-state index in [1.165, 1.54) is 12.4 Å². The first-order valence-electron chi connectivity index (χ1n) is 8.98. The van der Waals surface area contributed by atoms with E-state index in [1.54, 1.807) is 29.4 Å². The monoisotopic (exact) mass is 371 g/mol. The molecule has 0 unspecified atom stereocenters. The Morgan fingerprint density at radius 3 is 2.59 bits per heavy atom. The minimum atomic E-state index is -0.525. The molecule has 4 rings (SSSR count). The summed E-state index contributed by atoms with van der Waals surface area (Å²) < 4.78 is 16.6. The number of furan rings is 1. The van der Waals surface area contributed by atoms with Crippen LogP contribution in [-0.2, 0) is 16.0 Å². The van der Waals surface area contributed by atoms with E-state index in [-0.39, 0.29) is 18.4 Å². The van der Waals surface area contributed by atoms with Crippen LogP contribution in [0.3, 0.4) is 0 Å². The van der Waals surface area contributed by atoms with Gasteiger partial charge >= 0.3 is 0 Å². The van der Waals surface area contributed by atoms with Gasteiger partial charge in [-0.25, -0.2) is 0 Å². The van der Waals surface area contributed by atoms with Crippen LogP contribution in [0.5, 0.6) is 0 Å². The molecule has 0 aliphatic carbocycles. The zero-order valence-electron chi connectivity index (χ0n) is 14.8. The molecule has 0 radical (unpaired) electrons. The Labute approximate surface area is 156 Å². The van der Waals surface area contributed by atoms with Crippen LogP contribution in [-0.4, -0.2) is 53.8 Å². The third kappa shape index (κ3) is 3.86. The maximum Gasteiger partial charge on any atom is 0.255 e. The minimum absolute atomic E-state index is 0.143. The van der Waals surface area contributed by atoms with E-state index in [0.29, 0.717) is 56.0 Å². The van der Waals surface area contributed by atoms with Gasteiger partial charge in [0.25, 0.3) is 11.8 Å². The molecule has 142 valence electrons. The Kier molecular flexibility index (Phi) is 4.91. The molecule has 2 aromatic heterocycles. The van der Waals surface area contributed by atoms with Gasteiger partial charge in [0.2, 0.25) is 0 Å². The van der Waals surface area contributed by atoms with Gasteiger partial charge in [0.1, 0.15) is 5.76 Å². The van der Waals surface area contributed by atoms with E-state index >= 15 is 0 Å². The number of carbonyl (C=O) groups is 2. The third-order valence-electron chi connectivity index (χ3n) is 4.88. The van der Waals surface area contributed by atoms with Crippen LogP contribution in [0, 0.1) is 0 Å². The van der Waals surface area contributed by atoms with Gasteiger partial charge in [0.05, 0.1) is 37.1 Å². The van der Waals surface area contributed by atoms with Gasteiger partial charge in [-0.3, -0.25) is 14.6 Å². The number of ether oxygens (including phenoxy) is 2. The predicted octanol–water partition coefficient (Wildman–Crippen LogP) is 1.58. The van der Waals surface area contributed by atoms with Crippen molar-refractivity contribution in [3.8, 4) is 0 Å². The van der Waals surface area contributed by atoms with Crippen molar-refractivity contribution in [3.05, 3.63) is 53.7 Å². The number of carbonyl (C=O) groups excluding carboxylic acids is 2. The van der Waals surface area contributed by atoms with Crippen LogP contribution in [0.1, 0.15) is 39.3 Å². The quantitative estimate of drug-likeness (QED) is 0.877. The topological polar surface area (TPSA) is 93.9 Å². The number of hydrogen-bond acceptors (Lipinski definition) is 6. The highest BCUT2D eigenvalue weighted by Gasteiger charge is 2.40. The molecular formula is C19H21N3O5.